The Morgan fingerprint density at radius 1 is 1.06 bits per heavy atom. The molecule has 0 fully saturated rings. The predicted molar refractivity (Wildman–Crippen MR) is 128 cm³/mol. The minimum atomic E-state index is -0.586. The van der Waals surface area contributed by atoms with E-state index >= 15 is 0 Å². The van der Waals surface area contributed by atoms with Crippen LogP contribution in [0.15, 0.2) is 59.4 Å². The second kappa shape index (κ2) is 10.6. The number of unbranched alkanes of at least 4 members (excludes halogenated alkanes) is 1. The number of benzene rings is 2. The summed E-state index contributed by atoms with van der Waals surface area (Å²) < 4.78 is 8.44. The molecule has 0 saturated carbocycles. The number of hydrogen-bond donors (Lipinski definition) is 2. The Labute approximate surface area is 196 Å². The lowest BCUT2D eigenvalue weighted by Crippen LogP contribution is -2.25. The normalized spacial score (nSPS) is 10.9. The largest absolute Gasteiger partial charge is 0.450 e. The Bertz CT molecular complexity index is 1290. The van der Waals surface area contributed by atoms with Crippen molar-refractivity contribution in [3.05, 3.63) is 70.5 Å². The van der Waals surface area contributed by atoms with E-state index in [9.17, 15) is 9.59 Å². The Morgan fingerprint density at radius 2 is 1.82 bits per heavy atom. The number of carbonyl (C=O) groups excluding carboxylic acids is 1. The maximum Gasteiger partial charge on any atom is 0.412 e. The molecule has 0 aliphatic rings. The van der Waals surface area contributed by atoms with Crippen molar-refractivity contribution < 1.29 is 9.53 Å². The van der Waals surface area contributed by atoms with Crippen LogP contribution in [0.25, 0.3) is 22.5 Å². The predicted octanol–water partition coefficient (Wildman–Crippen LogP) is 3.91. The second-order valence-electron chi connectivity index (χ2n) is 7.73. The molecule has 0 spiro atoms. The molecule has 0 radical (unpaired) electrons. The van der Waals surface area contributed by atoms with Crippen molar-refractivity contribution >= 4 is 11.9 Å². The van der Waals surface area contributed by atoms with Gasteiger partial charge in [-0.1, -0.05) is 61.9 Å². The standard InChI is InChI=1S/C24H27N7O3/c1-3-5-14-30-22(32)15-21(25-24(33)34-4-2)31(30)16-17-10-12-18(13-11-17)19-8-6-7-9-20(19)23-26-28-29-27-23/h6-13,15H,3-5,14,16H2,1-2H3,(H,25,33)(H,26,27,28,29). The van der Waals surface area contributed by atoms with Crippen LogP contribution in [-0.4, -0.2) is 42.7 Å². The maximum absolute atomic E-state index is 12.6. The fourth-order valence-electron chi connectivity index (χ4n) is 3.77. The molecule has 176 valence electrons. The highest BCUT2D eigenvalue weighted by Crippen LogP contribution is 2.29. The average molecular weight is 462 g/mol. The molecular weight excluding hydrogens is 434 g/mol. The molecule has 10 heteroatoms. The summed E-state index contributed by atoms with van der Waals surface area (Å²) in [6, 6.07) is 17.3. The molecule has 0 aliphatic heterocycles. The molecule has 2 aromatic carbocycles. The number of anilines is 1. The SMILES string of the molecule is CCCCn1c(=O)cc(NC(=O)OCC)n1Cc1ccc(-c2ccccc2-c2nn[nH]n2)cc1. The average Bonchev–Trinajstić information content (AvgIpc) is 3.47. The molecule has 4 aromatic rings. The fraction of sp³-hybridized carbons (Fsp3) is 0.292. The number of carbonyl (C=O) groups is 1. The summed E-state index contributed by atoms with van der Waals surface area (Å²) in [6.45, 7) is 5.04. The Morgan fingerprint density at radius 3 is 2.50 bits per heavy atom. The number of nitrogens with one attached hydrogen (secondary N) is 2. The molecule has 10 nitrogen and oxygen atoms in total. The summed E-state index contributed by atoms with van der Waals surface area (Å²) in [5, 5.41) is 17.0. The lowest BCUT2D eigenvalue weighted by molar-refractivity contribution is 0.167. The van der Waals surface area contributed by atoms with Crippen molar-refractivity contribution in [2.24, 2.45) is 0 Å². The van der Waals surface area contributed by atoms with Crippen molar-refractivity contribution in [3.8, 4) is 22.5 Å². The molecule has 2 heterocycles. The zero-order valence-corrected chi connectivity index (χ0v) is 19.2. The fourth-order valence-corrected chi connectivity index (χ4v) is 3.77. The van der Waals surface area contributed by atoms with Gasteiger partial charge >= 0.3 is 6.09 Å². The molecular formula is C24H27N7O3. The number of nitrogens with zero attached hydrogens (tertiary/aromatic N) is 5. The highest BCUT2D eigenvalue weighted by molar-refractivity contribution is 5.83. The van der Waals surface area contributed by atoms with E-state index in [1.807, 2.05) is 48.5 Å². The zero-order valence-electron chi connectivity index (χ0n) is 19.2. The van der Waals surface area contributed by atoms with E-state index in [0.717, 1.165) is 35.1 Å². The summed E-state index contributed by atoms with van der Waals surface area (Å²) in [4.78, 5) is 24.6. The van der Waals surface area contributed by atoms with Gasteiger partial charge in [0, 0.05) is 18.2 Å². The van der Waals surface area contributed by atoms with Gasteiger partial charge in [0.05, 0.1) is 13.2 Å². The number of hydrogen-bond acceptors (Lipinski definition) is 6. The van der Waals surface area contributed by atoms with Crippen molar-refractivity contribution in [3.63, 3.8) is 0 Å². The quantitative estimate of drug-likeness (QED) is 0.390. The van der Waals surface area contributed by atoms with Crippen molar-refractivity contribution in [1.29, 1.82) is 0 Å². The van der Waals surface area contributed by atoms with Crippen LogP contribution in [-0.2, 0) is 17.8 Å². The van der Waals surface area contributed by atoms with Gasteiger partial charge < -0.3 is 4.74 Å². The summed E-state index contributed by atoms with van der Waals surface area (Å²) in [5.41, 5.74) is 3.69. The zero-order chi connectivity index (χ0) is 23.9. The van der Waals surface area contributed by atoms with E-state index in [0.29, 0.717) is 24.7 Å². The Kier molecular flexibility index (Phi) is 7.16. The Hall–Kier alpha value is -4.21. The van der Waals surface area contributed by atoms with Gasteiger partial charge in [-0.25, -0.2) is 9.48 Å². The Balaban J connectivity index is 1.63. The third kappa shape index (κ3) is 5.06. The van der Waals surface area contributed by atoms with Crippen molar-refractivity contribution in [2.45, 2.75) is 39.8 Å². The molecule has 1 amide bonds. The van der Waals surface area contributed by atoms with E-state index < -0.39 is 6.09 Å². The van der Waals surface area contributed by atoms with Gasteiger partial charge in [0.25, 0.3) is 5.56 Å². The van der Waals surface area contributed by atoms with Crippen LogP contribution in [0.1, 0.15) is 32.3 Å². The first-order valence-corrected chi connectivity index (χ1v) is 11.3. The minimum absolute atomic E-state index is 0.161. The number of aromatic nitrogens is 6. The molecule has 0 atom stereocenters. The van der Waals surface area contributed by atoms with Gasteiger partial charge in [-0.3, -0.25) is 14.8 Å². The summed E-state index contributed by atoms with van der Waals surface area (Å²) in [7, 11) is 0. The number of H-pyrrole nitrogens is 1. The summed E-state index contributed by atoms with van der Waals surface area (Å²) >= 11 is 0. The minimum Gasteiger partial charge on any atom is -0.450 e. The number of aromatic amines is 1. The molecule has 2 N–H and O–H groups in total. The number of tetrazole rings is 1. The summed E-state index contributed by atoms with van der Waals surface area (Å²) in [5.74, 6) is 0.938. The van der Waals surface area contributed by atoms with Crippen LogP contribution in [0, 0.1) is 0 Å². The second-order valence-corrected chi connectivity index (χ2v) is 7.73. The van der Waals surface area contributed by atoms with Crippen LogP contribution in [0.3, 0.4) is 0 Å². The highest BCUT2D eigenvalue weighted by atomic mass is 16.5. The van der Waals surface area contributed by atoms with Crippen LogP contribution in [0.5, 0.6) is 0 Å². The smallest absolute Gasteiger partial charge is 0.412 e. The first-order chi connectivity index (χ1) is 16.6. The van der Waals surface area contributed by atoms with Crippen LogP contribution in [0.2, 0.25) is 0 Å². The van der Waals surface area contributed by atoms with Gasteiger partial charge in [-0.2, -0.15) is 5.21 Å². The maximum atomic E-state index is 12.6. The first-order valence-electron chi connectivity index (χ1n) is 11.3. The van der Waals surface area contributed by atoms with E-state index in [1.54, 1.807) is 16.3 Å². The van der Waals surface area contributed by atoms with E-state index in [-0.39, 0.29) is 12.2 Å². The number of amides is 1. The molecule has 2 aromatic heterocycles. The number of rotatable bonds is 9. The van der Waals surface area contributed by atoms with Crippen LogP contribution >= 0.6 is 0 Å². The van der Waals surface area contributed by atoms with Gasteiger partial charge in [-0.05, 0) is 35.2 Å². The molecule has 0 aliphatic carbocycles. The van der Waals surface area contributed by atoms with Gasteiger partial charge in [-0.15, -0.1) is 10.2 Å². The molecule has 0 bridgehead atoms. The molecule has 0 saturated heterocycles. The van der Waals surface area contributed by atoms with Crippen LogP contribution < -0.4 is 10.9 Å². The first kappa shape index (κ1) is 23.0. The lowest BCUT2D eigenvalue weighted by Gasteiger charge is -2.16. The third-order valence-electron chi connectivity index (χ3n) is 5.42. The van der Waals surface area contributed by atoms with E-state index in [4.69, 9.17) is 4.74 Å². The van der Waals surface area contributed by atoms with Crippen molar-refractivity contribution in [2.75, 3.05) is 11.9 Å². The van der Waals surface area contributed by atoms with Crippen LogP contribution in [0.4, 0.5) is 10.6 Å². The third-order valence-corrected chi connectivity index (χ3v) is 5.42. The molecule has 4 rings (SSSR count). The van der Waals surface area contributed by atoms with Gasteiger partial charge in [0.1, 0.15) is 5.82 Å². The van der Waals surface area contributed by atoms with Gasteiger partial charge in [0.15, 0.2) is 0 Å². The summed E-state index contributed by atoms with van der Waals surface area (Å²) in [6.07, 6.45) is 1.22. The monoisotopic (exact) mass is 461 g/mol. The number of ether oxygens (including phenoxy) is 1. The molecule has 0 unspecified atom stereocenters. The van der Waals surface area contributed by atoms with E-state index in [1.165, 1.54) is 6.07 Å². The highest BCUT2D eigenvalue weighted by Gasteiger charge is 2.15. The topological polar surface area (TPSA) is 120 Å². The molecule has 34 heavy (non-hydrogen) atoms. The van der Waals surface area contributed by atoms with E-state index in [2.05, 4.69) is 32.9 Å². The lowest BCUT2D eigenvalue weighted by atomic mass is 9.98. The van der Waals surface area contributed by atoms with Gasteiger partial charge in [0.2, 0.25) is 5.82 Å². The van der Waals surface area contributed by atoms with Crippen molar-refractivity contribution in [1.82, 2.24) is 30.0 Å².